The molecular formula is C16H15FN2O4. The zero-order chi connectivity index (χ0) is 16.8. The van der Waals surface area contributed by atoms with Gasteiger partial charge in [0.1, 0.15) is 5.82 Å². The van der Waals surface area contributed by atoms with Gasteiger partial charge in [-0.1, -0.05) is 24.3 Å². The van der Waals surface area contributed by atoms with Gasteiger partial charge in [-0.3, -0.25) is 14.9 Å². The number of amides is 1. The summed E-state index contributed by atoms with van der Waals surface area (Å²) >= 11 is 0. The molecule has 0 saturated carbocycles. The second-order valence-electron chi connectivity index (χ2n) is 4.97. The van der Waals surface area contributed by atoms with Crippen LogP contribution in [0.4, 0.5) is 10.1 Å². The molecule has 1 amide bonds. The van der Waals surface area contributed by atoms with Crippen LogP contribution in [0.1, 0.15) is 17.2 Å². The quantitative estimate of drug-likeness (QED) is 0.630. The van der Waals surface area contributed by atoms with Gasteiger partial charge in [0.15, 0.2) is 0 Å². The molecule has 0 spiro atoms. The highest BCUT2D eigenvalue weighted by Gasteiger charge is 2.11. The molecule has 0 aliphatic rings. The zero-order valence-electron chi connectivity index (χ0n) is 12.1. The summed E-state index contributed by atoms with van der Waals surface area (Å²) in [6.07, 6.45) is -0.884. The van der Waals surface area contributed by atoms with E-state index in [-0.39, 0.29) is 24.6 Å². The molecule has 0 aromatic heterocycles. The van der Waals surface area contributed by atoms with Crippen LogP contribution >= 0.6 is 0 Å². The fourth-order valence-corrected chi connectivity index (χ4v) is 2.00. The lowest BCUT2D eigenvalue weighted by molar-refractivity contribution is -0.384. The van der Waals surface area contributed by atoms with E-state index in [1.165, 1.54) is 48.5 Å². The van der Waals surface area contributed by atoms with Crippen molar-refractivity contribution in [3.05, 3.63) is 75.6 Å². The smallest absolute Gasteiger partial charge is 0.269 e. The van der Waals surface area contributed by atoms with Crippen molar-refractivity contribution in [3.63, 3.8) is 0 Å². The molecule has 0 heterocycles. The first kappa shape index (κ1) is 16.6. The maximum Gasteiger partial charge on any atom is 0.269 e. The number of rotatable bonds is 6. The molecule has 6 nitrogen and oxygen atoms in total. The van der Waals surface area contributed by atoms with E-state index in [0.29, 0.717) is 11.1 Å². The molecule has 7 heteroatoms. The van der Waals surface area contributed by atoms with Gasteiger partial charge in [-0.05, 0) is 23.3 Å². The largest absolute Gasteiger partial charge is 0.387 e. The number of hydrogen-bond acceptors (Lipinski definition) is 4. The maximum atomic E-state index is 12.8. The molecule has 2 aromatic rings. The highest BCUT2D eigenvalue weighted by molar-refractivity contribution is 5.78. The minimum atomic E-state index is -0.934. The van der Waals surface area contributed by atoms with Crippen molar-refractivity contribution in [2.24, 2.45) is 0 Å². The van der Waals surface area contributed by atoms with Gasteiger partial charge in [-0.15, -0.1) is 0 Å². The molecule has 2 N–H and O–H groups in total. The highest BCUT2D eigenvalue weighted by Crippen LogP contribution is 2.14. The second kappa shape index (κ2) is 7.46. The van der Waals surface area contributed by atoms with Gasteiger partial charge in [0.05, 0.1) is 17.4 Å². The van der Waals surface area contributed by atoms with Crippen LogP contribution in [0.15, 0.2) is 48.5 Å². The van der Waals surface area contributed by atoms with Gasteiger partial charge in [0.25, 0.3) is 5.69 Å². The molecule has 23 heavy (non-hydrogen) atoms. The van der Waals surface area contributed by atoms with Crippen LogP contribution in [0.5, 0.6) is 0 Å². The Morgan fingerprint density at radius 2 is 1.78 bits per heavy atom. The highest BCUT2D eigenvalue weighted by atomic mass is 19.1. The number of aliphatic hydroxyl groups is 1. The lowest BCUT2D eigenvalue weighted by atomic mass is 10.1. The van der Waals surface area contributed by atoms with E-state index in [0.717, 1.165) is 0 Å². The Hall–Kier alpha value is -2.80. The topological polar surface area (TPSA) is 92.5 Å². The number of nitrogens with zero attached hydrogens (tertiary/aromatic N) is 1. The number of halogens is 1. The Morgan fingerprint density at radius 3 is 2.35 bits per heavy atom. The summed E-state index contributed by atoms with van der Waals surface area (Å²) in [5.74, 6) is -0.719. The lowest BCUT2D eigenvalue weighted by Crippen LogP contribution is -2.29. The van der Waals surface area contributed by atoms with E-state index in [1.807, 2.05) is 0 Å². The van der Waals surface area contributed by atoms with Crippen LogP contribution in [0.3, 0.4) is 0 Å². The van der Waals surface area contributed by atoms with Crippen LogP contribution in [0.25, 0.3) is 0 Å². The molecular weight excluding hydrogens is 303 g/mol. The fourth-order valence-electron chi connectivity index (χ4n) is 2.00. The number of hydrogen-bond donors (Lipinski definition) is 2. The van der Waals surface area contributed by atoms with Gasteiger partial charge in [0, 0.05) is 18.7 Å². The van der Waals surface area contributed by atoms with Crippen molar-refractivity contribution >= 4 is 11.6 Å². The summed E-state index contributed by atoms with van der Waals surface area (Å²) in [5.41, 5.74) is 1.09. The van der Waals surface area contributed by atoms with E-state index in [1.54, 1.807) is 0 Å². The van der Waals surface area contributed by atoms with Crippen molar-refractivity contribution < 1.29 is 19.2 Å². The average molecular weight is 318 g/mol. The maximum absolute atomic E-state index is 12.8. The molecule has 0 radical (unpaired) electrons. The number of non-ortho nitro benzene ring substituents is 1. The first-order valence-electron chi connectivity index (χ1n) is 6.89. The lowest BCUT2D eigenvalue weighted by Gasteiger charge is -2.12. The molecule has 1 unspecified atom stereocenters. The van der Waals surface area contributed by atoms with E-state index < -0.39 is 16.8 Å². The number of benzene rings is 2. The van der Waals surface area contributed by atoms with E-state index in [9.17, 15) is 24.4 Å². The van der Waals surface area contributed by atoms with Crippen LogP contribution in [0.2, 0.25) is 0 Å². The Morgan fingerprint density at radius 1 is 1.17 bits per heavy atom. The Labute approximate surface area is 131 Å². The summed E-state index contributed by atoms with van der Waals surface area (Å²) in [7, 11) is 0. The third kappa shape index (κ3) is 4.86. The van der Waals surface area contributed by atoms with Crippen molar-refractivity contribution in [2.45, 2.75) is 12.5 Å². The predicted molar refractivity (Wildman–Crippen MR) is 81.2 cm³/mol. The van der Waals surface area contributed by atoms with Crippen molar-refractivity contribution in [3.8, 4) is 0 Å². The predicted octanol–water partition coefficient (Wildman–Crippen LogP) is 2.13. The zero-order valence-corrected chi connectivity index (χ0v) is 12.1. The molecule has 0 bridgehead atoms. The minimum Gasteiger partial charge on any atom is -0.387 e. The first-order chi connectivity index (χ1) is 11.0. The number of nitro benzene ring substituents is 1. The van der Waals surface area contributed by atoms with Crippen molar-refractivity contribution in [1.29, 1.82) is 0 Å². The third-order valence-electron chi connectivity index (χ3n) is 3.26. The fraction of sp³-hybridized carbons (Fsp3) is 0.188. The third-order valence-corrected chi connectivity index (χ3v) is 3.26. The van der Waals surface area contributed by atoms with Crippen molar-refractivity contribution in [2.75, 3.05) is 6.54 Å². The normalized spacial score (nSPS) is 11.7. The van der Waals surface area contributed by atoms with Crippen LogP contribution in [-0.4, -0.2) is 22.5 Å². The van der Waals surface area contributed by atoms with Gasteiger partial charge < -0.3 is 10.4 Å². The standard InChI is InChI=1S/C16H15FN2O4/c17-13-5-3-12(4-6-13)15(20)10-18-16(21)9-11-1-7-14(8-2-11)19(22)23/h1-8,15,20H,9-10H2,(H,18,21). The van der Waals surface area contributed by atoms with Crippen LogP contribution in [0, 0.1) is 15.9 Å². The molecule has 0 aliphatic heterocycles. The van der Waals surface area contributed by atoms with E-state index in [4.69, 9.17) is 0 Å². The number of carbonyl (C=O) groups is 1. The van der Waals surface area contributed by atoms with Crippen molar-refractivity contribution in [1.82, 2.24) is 5.32 Å². The van der Waals surface area contributed by atoms with E-state index >= 15 is 0 Å². The Balaban J connectivity index is 1.84. The molecule has 0 saturated heterocycles. The molecule has 2 aromatic carbocycles. The molecule has 1 atom stereocenters. The van der Waals surface area contributed by atoms with Crippen LogP contribution in [-0.2, 0) is 11.2 Å². The van der Waals surface area contributed by atoms with Gasteiger partial charge in [-0.2, -0.15) is 0 Å². The Kier molecular flexibility index (Phi) is 5.37. The van der Waals surface area contributed by atoms with Gasteiger partial charge in [0.2, 0.25) is 5.91 Å². The molecule has 0 aliphatic carbocycles. The summed E-state index contributed by atoms with van der Waals surface area (Å²) < 4.78 is 12.8. The molecule has 2 rings (SSSR count). The van der Waals surface area contributed by atoms with Crippen LogP contribution < -0.4 is 5.32 Å². The number of carbonyl (C=O) groups excluding carboxylic acids is 1. The molecule has 120 valence electrons. The minimum absolute atomic E-state index is 0.00253. The average Bonchev–Trinajstić information content (AvgIpc) is 2.54. The first-order valence-corrected chi connectivity index (χ1v) is 6.89. The van der Waals surface area contributed by atoms with E-state index in [2.05, 4.69) is 5.32 Å². The number of nitrogens with one attached hydrogen (secondary N) is 1. The monoisotopic (exact) mass is 318 g/mol. The Bertz CT molecular complexity index is 686. The van der Waals surface area contributed by atoms with Gasteiger partial charge >= 0.3 is 0 Å². The second-order valence-corrected chi connectivity index (χ2v) is 4.97. The summed E-state index contributed by atoms with van der Waals surface area (Å²) in [6.45, 7) is -0.00253. The summed E-state index contributed by atoms with van der Waals surface area (Å²) in [5, 5.41) is 23.0. The number of aliphatic hydroxyl groups excluding tert-OH is 1. The summed E-state index contributed by atoms with van der Waals surface area (Å²) in [6, 6.07) is 11.0. The number of nitro groups is 1. The summed E-state index contributed by atoms with van der Waals surface area (Å²) in [4.78, 5) is 21.8. The SMILES string of the molecule is O=C(Cc1ccc([N+](=O)[O-])cc1)NCC(O)c1ccc(F)cc1. The molecule has 0 fully saturated rings. The van der Waals surface area contributed by atoms with Gasteiger partial charge in [-0.25, -0.2) is 4.39 Å².